The summed E-state index contributed by atoms with van der Waals surface area (Å²) in [6.45, 7) is 2.12. The third kappa shape index (κ3) is 5.06. The Kier molecular flexibility index (Phi) is 4.77. The van der Waals surface area contributed by atoms with Gasteiger partial charge in [0, 0.05) is 0 Å². The lowest BCUT2D eigenvalue weighted by molar-refractivity contribution is 0.313. The number of aryl methyl sites for hydroxylation is 1. The largest absolute Gasteiger partial charge is 0.497 e. The number of hydrogen-bond donors (Lipinski definition) is 1. The van der Waals surface area contributed by atoms with Gasteiger partial charge in [-0.25, -0.2) is 0 Å². The Bertz CT molecular complexity index is 467. The van der Waals surface area contributed by atoms with Crippen LogP contribution in [0.5, 0.6) is 11.5 Å². The van der Waals surface area contributed by atoms with Gasteiger partial charge in [-0.1, -0.05) is 0 Å². The maximum absolute atomic E-state index is 10.5. The van der Waals surface area contributed by atoms with Gasteiger partial charge in [-0.3, -0.25) is 4.55 Å². The average Bonchev–Trinajstić information content (AvgIpc) is 2.24. The highest BCUT2D eigenvalue weighted by atomic mass is 32.2. The minimum absolute atomic E-state index is 0.243. The molecule has 0 aliphatic carbocycles. The molecule has 96 valence electrons. The van der Waals surface area contributed by atoms with Gasteiger partial charge in [-0.2, -0.15) is 8.42 Å². The van der Waals surface area contributed by atoms with Crippen LogP contribution >= 0.6 is 0 Å². The number of benzene rings is 1. The van der Waals surface area contributed by atoms with E-state index in [1.165, 1.54) is 0 Å². The minimum Gasteiger partial charge on any atom is -0.497 e. The number of ether oxygens (including phenoxy) is 2. The molecule has 0 bridgehead atoms. The first-order valence-corrected chi connectivity index (χ1v) is 6.76. The topological polar surface area (TPSA) is 72.8 Å². The highest BCUT2D eigenvalue weighted by Gasteiger charge is 2.05. The van der Waals surface area contributed by atoms with Crippen molar-refractivity contribution in [3.05, 3.63) is 23.8 Å². The Balaban J connectivity index is 2.47. The molecule has 5 nitrogen and oxygen atoms in total. The van der Waals surface area contributed by atoms with Crippen molar-refractivity contribution < 1.29 is 22.4 Å². The molecule has 1 aromatic carbocycles. The smallest absolute Gasteiger partial charge is 0.264 e. The zero-order valence-corrected chi connectivity index (χ0v) is 10.7. The first-order chi connectivity index (χ1) is 7.92. The summed E-state index contributed by atoms with van der Waals surface area (Å²) < 4.78 is 39.9. The van der Waals surface area contributed by atoms with Gasteiger partial charge in [0.15, 0.2) is 0 Å². The van der Waals surface area contributed by atoms with Crippen LogP contribution in [0.25, 0.3) is 0 Å². The Morgan fingerprint density at radius 2 is 2.06 bits per heavy atom. The fraction of sp³-hybridized carbons (Fsp3) is 0.455. The Labute approximate surface area is 101 Å². The van der Waals surface area contributed by atoms with Crippen LogP contribution in [0.4, 0.5) is 0 Å². The molecule has 0 unspecified atom stereocenters. The fourth-order valence-corrected chi connectivity index (χ4v) is 1.82. The van der Waals surface area contributed by atoms with Crippen molar-refractivity contribution in [3.8, 4) is 11.5 Å². The third-order valence-corrected chi connectivity index (χ3v) is 2.99. The van der Waals surface area contributed by atoms with E-state index in [4.69, 9.17) is 14.0 Å². The summed E-state index contributed by atoms with van der Waals surface area (Å²) in [4.78, 5) is 0. The molecule has 6 heteroatoms. The van der Waals surface area contributed by atoms with Gasteiger partial charge in [0.2, 0.25) is 0 Å². The molecule has 0 aromatic heterocycles. The summed E-state index contributed by atoms with van der Waals surface area (Å²) in [5.41, 5.74) is 0.913. The second-order valence-electron chi connectivity index (χ2n) is 3.62. The normalized spacial score (nSPS) is 11.2. The van der Waals surface area contributed by atoms with Crippen molar-refractivity contribution in [2.24, 2.45) is 0 Å². The summed E-state index contributed by atoms with van der Waals surface area (Å²) in [7, 11) is -2.31. The predicted octanol–water partition coefficient (Wildman–Crippen LogP) is 1.66. The molecule has 0 radical (unpaired) electrons. The lowest BCUT2D eigenvalue weighted by atomic mass is 10.2. The van der Waals surface area contributed by atoms with Crippen LogP contribution in [0, 0.1) is 6.92 Å². The molecular formula is C11H16O5S. The molecule has 0 heterocycles. The van der Waals surface area contributed by atoms with Crippen LogP contribution < -0.4 is 9.47 Å². The molecule has 0 fully saturated rings. The molecule has 1 rings (SSSR count). The van der Waals surface area contributed by atoms with Crippen LogP contribution in [0.1, 0.15) is 12.0 Å². The van der Waals surface area contributed by atoms with Crippen molar-refractivity contribution in [2.75, 3.05) is 19.5 Å². The second-order valence-corrected chi connectivity index (χ2v) is 5.19. The summed E-state index contributed by atoms with van der Waals surface area (Å²) in [5.74, 6) is 1.14. The van der Waals surface area contributed by atoms with E-state index in [0.717, 1.165) is 11.3 Å². The van der Waals surface area contributed by atoms with E-state index < -0.39 is 10.1 Å². The predicted molar refractivity (Wildman–Crippen MR) is 64.3 cm³/mol. The average molecular weight is 260 g/mol. The maximum atomic E-state index is 10.5. The van der Waals surface area contributed by atoms with Crippen molar-refractivity contribution in [1.82, 2.24) is 0 Å². The molecule has 0 spiro atoms. The highest BCUT2D eigenvalue weighted by molar-refractivity contribution is 7.85. The molecule has 17 heavy (non-hydrogen) atoms. The van der Waals surface area contributed by atoms with Crippen molar-refractivity contribution in [1.29, 1.82) is 0 Å². The van der Waals surface area contributed by atoms with Crippen LogP contribution in [-0.4, -0.2) is 32.4 Å². The van der Waals surface area contributed by atoms with Crippen LogP contribution in [-0.2, 0) is 10.1 Å². The van der Waals surface area contributed by atoms with Gasteiger partial charge in [-0.15, -0.1) is 0 Å². The molecule has 0 amide bonds. The molecule has 1 N–H and O–H groups in total. The Morgan fingerprint density at radius 3 is 2.59 bits per heavy atom. The van der Waals surface area contributed by atoms with E-state index in [1.54, 1.807) is 19.2 Å². The Hall–Kier alpha value is -1.27. The Morgan fingerprint density at radius 1 is 1.35 bits per heavy atom. The molecule has 0 saturated heterocycles. The molecule has 1 aromatic rings. The second kappa shape index (κ2) is 5.88. The molecule has 0 saturated carbocycles. The zero-order chi connectivity index (χ0) is 12.9. The van der Waals surface area contributed by atoms with Crippen LogP contribution in [0.2, 0.25) is 0 Å². The molecule has 0 atom stereocenters. The quantitative estimate of drug-likeness (QED) is 0.622. The lowest BCUT2D eigenvalue weighted by Crippen LogP contribution is -2.08. The molecule has 0 aliphatic heterocycles. The monoisotopic (exact) mass is 260 g/mol. The number of rotatable bonds is 6. The SMILES string of the molecule is COc1ccc(OCCCS(=O)(=O)O)c(C)c1. The number of methoxy groups -OCH3 is 1. The van der Waals surface area contributed by atoms with Crippen molar-refractivity contribution in [2.45, 2.75) is 13.3 Å². The maximum Gasteiger partial charge on any atom is 0.264 e. The summed E-state index contributed by atoms with van der Waals surface area (Å²) >= 11 is 0. The lowest BCUT2D eigenvalue weighted by Gasteiger charge is -2.09. The fourth-order valence-electron chi connectivity index (χ4n) is 1.33. The van der Waals surface area contributed by atoms with E-state index in [0.29, 0.717) is 5.75 Å². The zero-order valence-electron chi connectivity index (χ0n) is 9.84. The summed E-state index contributed by atoms with van der Waals surface area (Å²) in [6.07, 6.45) is 0.254. The van der Waals surface area contributed by atoms with Gasteiger partial charge in [-0.05, 0) is 37.1 Å². The van der Waals surface area contributed by atoms with E-state index in [2.05, 4.69) is 0 Å². The summed E-state index contributed by atoms with van der Waals surface area (Å²) in [5, 5.41) is 0. The number of hydrogen-bond acceptors (Lipinski definition) is 4. The van der Waals surface area contributed by atoms with E-state index in [1.807, 2.05) is 13.0 Å². The summed E-state index contributed by atoms with van der Waals surface area (Å²) in [6, 6.07) is 5.37. The minimum atomic E-state index is -3.90. The highest BCUT2D eigenvalue weighted by Crippen LogP contribution is 2.23. The van der Waals surface area contributed by atoms with Crippen LogP contribution in [0.15, 0.2) is 18.2 Å². The first-order valence-electron chi connectivity index (χ1n) is 5.15. The van der Waals surface area contributed by atoms with E-state index in [-0.39, 0.29) is 18.8 Å². The first kappa shape index (κ1) is 13.8. The van der Waals surface area contributed by atoms with Gasteiger partial charge in [0.25, 0.3) is 10.1 Å². The van der Waals surface area contributed by atoms with Gasteiger partial charge in [0.05, 0.1) is 19.5 Å². The van der Waals surface area contributed by atoms with Gasteiger partial charge >= 0.3 is 0 Å². The molecule has 0 aliphatic rings. The van der Waals surface area contributed by atoms with E-state index in [9.17, 15) is 8.42 Å². The van der Waals surface area contributed by atoms with E-state index >= 15 is 0 Å². The van der Waals surface area contributed by atoms with Crippen molar-refractivity contribution in [3.63, 3.8) is 0 Å². The molecular weight excluding hydrogens is 244 g/mol. The van der Waals surface area contributed by atoms with Gasteiger partial charge < -0.3 is 9.47 Å². The standard InChI is InChI=1S/C11H16O5S/c1-9-8-10(15-2)4-5-11(9)16-6-3-7-17(12,13)14/h4-5,8H,3,6-7H2,1-2H3,(H,12,13,14). The van der Waals surface area contributed by atoms with Gasteiger partial charge in [0.1, 0.15) is 11.5 Å². The third-order valence-electron chi connectivity index (χ3n) is 2.19. The van der Waals surface area contributed by atoms with Crippen LogP contribution in [0.3, 0.4) is 0 Å². The van der Waals surface area contributed by atoms with Crippen molar-refractivity contribution >= 4 is 10.1 Å².